The van der Waals surface area contributed by atoms with E-state index in [4.69, 9.17) is 18.9 Å². The number of rotatable bonds is 11. The molecule has 0 heterocycles. The van der Waals surface area contributed by atoms with E-state index in [1.54, 1.807) is 32.4 Å². The molecule has 0 fully saturated rings. The Labute approximate surface area is 225 Å². The molecule has 1 atom stereocenters. The fourth-order valence-electron chi connectivity index (χ4n) is 3.55. The summed E-state index contributed by atoms with van der Waals surface area (Å²) in [4.78, 5) is 13.4. The summed E-state index contributed by atoms with van der Waals surface area (Å²) in [5.41, 5.74) is 2.44. The standard InChI is InChI=1S/C29H27O5P.Li/c1-31-24-14-9-15-25(32-2)28(24)29(30)35-27-17-16-23(33-19-21-10-5-3-6-11-21)18-26(27)34-20-22-12-7-4-8-13-22;/h3-18,35H,19-20H2,1-2H3;/q;+1. The summed E-state index contributed by atoms with van der Waals surface area (Å²) >= 11 is 0. The number of hydrogen-bond donors (Lipinski definition) is 0. The largest absolute Gasteiger partial charge is 1.00 e. The molecule has 7 heteroatoms. The maximum Gasteiger partial charge on any atom is 1.00 e. The van der Waals surface area contributed by atoms with Gasteiger partial charge in [-0.15, -0.1) is 0 Å². The summed E-state index contributed by atoms with van der Waals surface area (Å²) < 4.78 is 23.0. The minimum absolute atomic E-state index is 0. The Balaban J connectivity index is 0.00000361. The van der Waals surface area contributed by atoms with Crippen LogP contribution in [0.3, 0.4) is 0 Å². The first-order valence-electron chi connectivity index (χ1n) is 11.2. The van der Waals surface area contributed by atoms with Crippen molar-refractivity contribution in [3.8, 4) is 23.0 Å². The van der Waals surface area contributed by atoms with E-state index in [9.17, 15) is 4.79 Å². The average Bonchev–Trinajstić information content (AvgIpc) is 2.92. The quantitative estimate of drug-likeness (QED) is 0.238. The molecule has 0 saturated heterocycles. The zero-order valence-corrected chi connectivity index (χ0v) is 21.7. The Morgan fingerprint density at radius 3 is 1.78 bits per heavy atom. The number of benzene rings is 4. The number of methoxy groups -OCH3 is 2. The number of hydrogen-bond acceptors (Lipinski definition) is 5. The van der Waals surface area contributed by atoms with E-state index in [0.29, 0.717) is 41.8 Å². The van der Waals surface area contributed by atoms with Crippen LogP contribution in [-0.2, 0) is 13.2 Å². The second-order valence-electron chi connectivity index (χ2n) is 7.70. The van der Waals surface area contributed by atoms with Gasteiger partial charge in [-0.1, -0.05) is 66.7 Å². The van der Waals surface area contributed by atoms with Crippen molar-refractivity contribution >= 4 is 19.4 Å². The van der Waals surface area contributed by atoms with Gasteiger partial charge >= 0.3 is 18.9 Å². The average molecular weight is 493 g/mol. The molecule has 0 aliphatic rings. The smallest absolute Gasteiger partial charge is 0.496 e. The summed E-state index contributed by atoms with van der Waals surface area (Å²) in [7, 11) is 2.90. The van der Waals surface area contributed by atoms with Gasteiger partial charge in [0.05, 0.1) is 14.2 Å². The minimum Gasteiger partial charge on any atom is -0.496 e. The van der Waals surface area contributed by atoms with Gasteiger partial charge in [-0.2, -0.15) is 0 Å². The topological polar surface area (TPSA) is 54.0 Å². The predicted octanol–water partition coefficient (Wildman–Crippen LogP) is 3.01. The summed E-state index contributed by atoms with van der Waals surface area (Å²) in [5.74, 6) is 2.25. The van der Waals surface area contributed by atoms with Crippen LogP contribution < -0.4 is 43.1 Å². The maximum atomic E-state index is 13.4. The van der Waals surface area contributed by atoms with Gasteiger partial charge in [0.2, 0.25) is 0 Å². The van der Waals surface area contributed by atoms with E-state index in [1.165, 1.54) is 0 Å². The fraction of sp³-hybridized carbons (Fsp3) is 0.138. The molecular weight excluding hydrogens is 466 g/mol. The second-order valence-corrected chi connectivity index (χ2v) is 8.94. The molecule has 0 radical (unpaired) electrons. The molecule has 5 nitrogen and oxygen atoms in total. The van der Waals surface area contributed by atoms with Crippen LogP contribution in [0.4, 0.5) is 0 Å². The first-order valence-corrected chi connectivity index (χ1v) is 12.2. The molecule has 36 heavy (non-hydrogen) atoms. The Morgan fingerprint density at radius 1 is 0.667 bits per heavy atom. The summed E-state index contributed by atoms with van der Waals surface area (Å²) in [6, 6.07) is 30.8. The number of carbonyl (C=O) groups excluding carboxylic acids is 1. The van der Waals surface area contributed by atoms with Crippen LogP contribution in [0, 0.1) is 0 Å². The van der Waals surface area contributed by atoms with Crippen LogP contribution in [-0.4, -0.2) is 19.7 Å². The van der Waals surface area contributed by atoms with Gasteiger partial charge in [-0.25, -0.2) is 0 Å². The van der Waals surface area contributed by atoms with Crippen molar-refractivity contribution in [1.82, 2.24) is 0 Å². The molecule has 178 valence electrons. The van der Waals surface area contributed by atoms with Crippen LogP contribution in [0.15, 0.2) is 97.1 Å². The van der Waals surface area contributed by atoms with E-state index in [0.717, 1.165) is 16.4 Å². The van der Waals surface area contributed by atoms with Crippen molar-refractivity contribution in [2.45, 2.75) is 13.2 Å². The summed E-state index contributed by atoms with van der Waals surface area (Å²) in [6.07, 6.45) is 0. The van der Waals surface area contributed by atoms with Gasteiger partial charge in [0.15, 0.2) is 5.52 Å². The molecule has 0 aliphatic carbocycles. The van der Waals surface area contributed by atoms with Crippen molar-refractivity contribution < 1.29 is 42.6 Å². The molecule has 0 N–H and O–H groups in total. The Hall–Kier alpha value is -3.22. The van der Waals surface area contributed by atoms with Gasteiger partial charge in [-0.3, -0.25) is 4.79 Å². The molecule has 0 aromatic heterocycles. The first-order chi connectivity index (χ1) is 17.2. The van der Waals surface area contributed by atoms with Crippen LogP contribution in [0.5, 0.6) is 23.0 Å². The summed E-state index contributed by atoms with van der Waals surface area (Å²) in [5, 5.41) is 0.783. The van der Waals surface area contributed by atoms with Crippen LogP contribution >= 0.6 is 8.58 Å². The first kappa shape index (κ1) is 27.4. The van der Waals surface area contributed by atoms with Crippen molar-refractivity contribution in [3.05, 3.63) is 114 Å². The minimum atomic E-state index is -0.187. The monoisotopic (exact) mass is 493 g/mol. The van der Waals surface area contributed by atoms with Crippen LogP contribution in [0.25, 0.3) is 0 Å². The van der Waals surface area contributed by atoms with Crippen molar-refractivity contribution in [1.29, 1.82) is 0 Å². The number of carbonyl (C=O) groups is 1. The number of ether oxygens (including phenoxy) is 4. The molecule has 0 bridgehead atoms. The van der Waals surface area contributed by atoms with E-state index in [-0.39, 0.29) is 33.0 Å². The normalized spacial score (nSPS) is 10.5. The molecule has 0 aliphatic heterocycles. The van der Waals surface area contributed by atoms with E-state index < -0.39 is 0 Å². The molecule has 0 saturated carbocycles. The van der Waals surface area contributed by atoms with E-state index >= 15 is 0 Å². The summed E-state index contributed by atoms with van der Waals surface area (Å²) in [6.45, 7) is 0.824. The molecule has 0 amide bonds. The molecule has 0 spiro atoms. The van der Waals surface area contributed by atoms with E-state index in [2.05, 4.69) is 0 Å². The molecular formula is C29H27LiO5P+. The van der Waals surface area contributed by atoms with Crippen LogP contribution in [0.2, 0.25) is 0 Å². The van der Waals surface area contributed by atoms with Crippen molar-refractivity contribution in [3.63, 3.8) is 0 Å². The van der Waals surface area contributed by atoms with Crippen molar-refractivity contribution in [2.24, 2.45) is 0 Å². The maximum absolute atomic E-state index is 13.4. The van der Waals surface area contributed by atoms with Gasteiger partial charge in [0, 0.05) is 11.4 Å². The Bertz CT molecular complexity index is 1240. The fourth-order valence-corrected chi connectivity index (χ4v) is 4.60. The molecule has 1 unspecified atom stereocenters. The Morgan fingerprint density at radius 2 is 1.22 bits per heavy atom. The third-order valence-corrected chi connectivity index (χ3v) is 6.50. The second kappa shape index (κ2) is 13.8. The van der Waals surface area contributed by atoms with Crippen molar-refractivity contribution in [2.75, 3.05) is 14.2 Å². The Kier molecular flexibility index (Phi) is 10.5. The van der Waals surface area contributed by atoms with Gasteiger partial charge in [0.25, 0.3) is 0 Å². The molecule has 4 aromatic carbocycles. The molecule has 4 aromatic rings. The SMILES string of the molecule is COc1cccc(OC)c1C(=O)Pc1ccc(OCc2ccccc2)cc1OCc1ccccc1.[Li+]. The van der Waals surface area contributed by atoms with Gasteiger partial charge in [0.1, 0.15) is 41.8 Å². The van der Waals surface area contributed by atoms with Gasteiger partial charge in [-0.05, 0) is 44.0 Å². The molecule has 4 rings (SSSR count). The van der Waals surface area contributed by atoms with Gasteiger partial charge < -0.3 is 18.9 Å². The predicted molar refractivity (Wildman–Crippen MR) is 140 cm³/mol. The zero-order valence-electron chi connectivity index (χ0n) is 20.7. The van der Waals surface area contributed by atoms with Crippen LogP contribution in [0.1, 0.15) is 21.5 Å². The third-order valence-electron chi connectivity index (χ3n) is 5.34. The van der Waals surface area contributed by atoms with E-state index in [1.807, 2.05) is 78.9 Å². The third kappa shape index (κ3) is 7.15. The zero-order chi connectivity index (χ0) is 24.5.